The minimum Gasteiger partial charge on any atom is -0.381 e. The molecule has 0 atom stereocenters. The number of hydrogen-bond donors (Lipinski definition) is 1. The molecule has 33 heavy (non-hydrogen) atoms. The van der Waals surface area contributed by atoms with Crippen molar-refractivity contribution in [2.24, 2.45) is 0 Å². The lowest BCUT2D eigenvalue weighted by molar-refractivity contribution is 0.0844. The molecular formula is C23H25N7O3. The lowest BCUT2D eigenvalue weighted by atomic mass is 9.97. The Morgan fingerprint density at radius 2 is 1.73 bits per heavy atom. The molecule has 0 unspecified atom stereocenters. The summed E-state index contributed by atoms with van der Waals surface area (Å²) in [5, 5.41) is 8.13. The highest BCUT2D eigenvalue weighted by Gasteiger charge is 2.22. The molecule has 0 aromatic carbocycles. The van der Waals surface area contributed by atoms with Gasteiger partial charge in [0, 0.05) is 74.1 Å². The van der Waals surface area contributed by atoms with Crippen LogP contribution in [-0.4, -0.2) is 68.9 Å². The van der Waals surface area contributed by atoms with Crippen LogP contribution in [0.15, 0.2) is 47.5 Å². The van der Waals surface area contributed by atoms with Crippen LogP contribution in [-0.2, 0) is 9.47 Å². The summed E-state index contributed by atoms with van der Waals surface area (Å²) < 4.78 is 14.4. The number of hydrogen-bond acceptors (Lipinski definition) is 7. The van der Waals surface area contributed by atoms with Crippen molar-refractivity contribution in [3.63, 3.8) is 0 Å². The van der Waals surface area contributed by atoms with Gasteiger partial charge in [0.2, 0.25) is 0 Å². The van der Waals surface area contributed by atoms with Crippen LogP contribution in [0.25, 0.3) is 22.7 Å². The molecule has 0 radical (unpaired) electrons. The van der Waals surface area contributed by atoms with Crippen LogP contribution in [0.2, 0.25) is 0 Å². The van der Waals surface area contributed by atoms with Crippen molar-refractivity contribution in [1.29, 1.82) is 0 Å². The Labute approximate surface area is 189 Å². The first kappa shape index (κ1) is 20.1. The van der Waals surface area contributed by atoms with Crippen molar-refractivity contribution >= 4 is 11.5 Å². The Morgan fingerprint density at radius 3 is 2.52 bits per heavy atom. The molecule has 2 fully saturated rings. The van der Waals surface area contributed by atoms with Crippen LogP contribution in [0, 0.1) is 0 Å². The topological polar surface area (TPSA) is 103 Å². The van der Waals surface area contributed by atoms with Gasteiger partial charge in [-0.05, 0) is 25.0 Å². The van der Waals surface area contributed by atoms with Crippen LogP contribution in [0.4, 0.5) is 5.82 Å². The van der Waals surface area contributed by atoms with Gasteiger partial charge in [-0.3, -0.25) is 14.9 Å². The molecule has 6 rings (SSSR count). The molecule has 0 aliphatic carbocycles. The first-order valence-corrected chi connectivity index (χ1v) is 11.3. The Hall–Kier alpha value is -3.50. The van der Waals surface area contributed by atoms with Gasteiger partial charge in [0.15, 0.2) is 11.5 Å². The van der Waals surface area contributed by atoms with Crippen LogP contribution >= 0.6 is 0 Å². The van der Waals surface area contributed by atoms with E-state index in [9.17, 15) is 4.79 Å². The van der Waals surface area contributed by atoms with Gasteiger partial charge in [-0.25, -0.2) is 9.67 Å². The molecular weight excluding hydrogens is 422 g/mol. The molecule has 0 amide bonds. The van der Waals surface area contributed by atoms with Gasteiger partial charge >= 0.3 is 0 Å². The van der Waals surface area contributed by atoms with Crippen molar-refractivity contribution in [1.82, 2.24) is 29.4 Å². The molecule has 170 valence electrons. The molecule has 2 aliphatic rings. The Morgan fingerprint density at radius 1 is 0.970 bits per heavy atom. The maximum Gasteiger partial charge on any atom is 0.272 e. The molecule has 2 aliphatic heterocycles. The second-order valence-corrected chi connectivity index (χ2v) is 8.38. The second kappa shape index (κ2) is 8.45. The summed E-state index contributed by atoms with van der Waals surface area (Å²) in [6, 6.07) is 9.40. The predicted molar refractivity (Wildman–Crippen MR) is 122 cm³/mol. The monoisotopic (exact) mass is 447 g/mol. The third-order valence-electron chi connectivity index (χ3n) is 6.34. The minimum absolute atomic E-state index is 0.116. The zero-order valence-corrected chi connectivity index (χ0v) is 18.2. The van der Waals surface area contributed by atoms with Gasteiger partial charge in [0.05, 0.1) is 18.9 Å². The number of fused-ring (bicyclic) bond motifs is 1. The molecule has 10 nitrogen and oxygen atoms in total. The highest BCUT2D eigenvalue weighted by molar-refractivity contribution is 5.66. The highest BCUT2D eigenvalue weighted by Crippen LogP contribution is 2.27. The summed E-state index contributed by atoms with van der Waals surface area (Å²) >= 11 is 0. The number of aromatic amines is 1. The Bertz CT molecular complexity index is 1320. The van der Waals surface area contributed by atoms with Crippen molar-refractivity contribution in [3.8, 4) is 17.1 Å². The average Bonchev–Trinajstić information content (AvgIpc) is 3.49. The van der Waals surface area contributed by atoms with Crippen molar-refractivity contribution < 1.29 is 9.47 Å². The Kier molecular flexibility index (Phi) is 5.16. The third-order valence-corrected chi connectivity index (χ3v) is 6.34. The average molecular weight is 447 g/mol. The molecule has 0 spiro atoms. The van der Waals surface area contributed by atoms with Crippen molar-refractivity contribution in [2.45, 2.75) is 18.8 Å². The quantitative estimate of drug-likeness (QED) is 0.510. The highest BCUT2D eigenvalue weighted by atomic mass is 16.5. The van der Waals surface area contributed by atoms with Gasteiger partial charge in [0.1, 0.15) is 5.82 Å². The smallest absolute Gasteiger partial charge is 0.272 e. The number of nitrogens with one attached hydrogen (secondary N) is 1. The van der Waals surface area contributed by atoms with Crippen LogP contribution < -0.4 is 10.5 Å². The van der Waals surface area contributed by atoms with Crippen LogP contribution in [0.5, 0.6) is 0 Å². The fourth-order valence-electron chi connectivity index (χ4n) is 4.54. The predicted octanol–water partition coefficient (Wildman–Crippen LogP) is 2.00. The van der Waals surface area contributed by atoms with E-state index in [4.69, 9.17) is 19.6 Å². The molecule has 2 saturated heterocycles. The first-order valence-electron chi connectivity index (χ1n) is 11.3. The van der Waals surface area contributed by atoms with E-state index in [1.54, 1.807) is 18.5 Å². The normalized spacial score (nSPS) is 17.6. The molecule has 0 saturated carbocycles. The van der Waals surface area contributed by atoms with E-state index in [1.807, 2.05) is 28.8 Å². The lowest BCUT2D eigenvalue weighted by Gasteiger charge is -2.29. The summed E-state index contributed by atoms with van der Waals surface area (Å²) in [6.07, 6.45) is 5.31. The van der Waals surface area contributed by atoms with Gasteiger partial charge in [-0.1, -0.05) is 0 Å². The number of rotatable bonds is 4. The minimum atomic E-state index is -0.116. The lowest BCUT2D eigenvalue weighted by Crippen LogP contribution is -2.37. The number of aromatic nitrogens is 6. The first-order chi connectivity index (χ1) is 16.3. The van der Waals surface area contributed by atoms with Crippen LogP contribution in [0.1, 0.15) is 24.5 Å². The molecule has 0 bridgehead atoms. The summed E-state index contributed by atoms with van der Waals surface area (Å²) in [4.78, 5) is 24.0. The molecule has 10 heteroatoms. The van der Waals surface area contributed by atoms with E-state index in [1.165, 1.54) is 4.68 Å². The number of nitrogens with zero attached hydrogens (tertiary/aromatic N) is 6. The number of anilines is 1. The summed E-state index contributed by atoms with van der Waals surface area (Å²) in [7, 11) is 0. The number of H-pyrrole nitrogens is 1. The van der Waals surface area contributed by atoms with Gasteiger partial charge in [-0.2, -0.15) is 9.61 Å². The van der Waals surface area contributed by atoms with Gasteiger partial charge in [0.25, 0.3) is 5.56 Å². The van der Waals surface area contributed by atoms with E-state index in [0.29, 0.717) is 30.6 Å². The van der Waals surface area contributed by atoms with E-state index < -0.39 is 0 Å². The van der Waals surface area contributed by atoms with Crippen molar-refractivity contribution in [3.05, 3.63) is 58.8 Å². The number of morpholine rings is 1. The fraction of sp³-hybridized carbons (Fsp3) is 0.391. The van der Waals surface area contributed by atoms with Gasteiger partial charge < -0.3 is 14.4 Å². The standard InChI is InChI=1S/C23H25N7O3/c31-23-14-19(17-3-9-32-10-4-17)27-30(23)21-15-22(28-7-11-33-12-8-28)29-20(25-21)13-18(26-29)16-1-5-24-6-2-16/h1-2,5-6,13-15,17,27H,3-4,7-12H2. The third kappa shape index (κ3) is 3.81. The fourth-order valence-corrected chi connectivity index (χ4v) is 4.54. The maximum absolute atomic E-state index is 12.9. The molecule has 1 N–H and O–H groups in total. The van der Waals surface area contributed by atoms with Gasteiger partial charge in [-0.15, -0.1) is 0 Å². The van der Waals surface area contributed by atoms with Crippen LogP contribution in [0.3, 0.4) is 0 Å². The zero-order valence-electron chi connectivity index (χ0n) is 18.2. The molecule has 4 aromatic heterocycles. The molecule has 4 aromatic rings. The number of ether oxygens (including phenoxy) is 2. The van der Waals surface area contributed by atoms with Crippen molar-refractivity contribution in [2.75, 3.05) is 44.4 Å². The summed E-state index contributed by atoms with van der Waals surface area (Å²) in [5.41, 5.74) is 3.26. The van der Waals surface area contributed by atoms with E-state index in [0.717, 1.165) is 61.9 Å². The van der Waals surface area contributed by atoms with E-state index in [2.05, 4.69) is 15.0 Å². The maximum atomic E-state index is 12.9. The van der Waals surface area contributed by atoms with E-state index in [-0.39, 0.29) is 5.56 Å². The SMILES string of the molecule is O=c1cc(C2CCOCC2)[nH]n1-c1cc(N2CCOCC2)n2nc(-c3ccncc3)cc2n1. The Balaban J connectivity index is 1.47. The number of pyridine rings is 1. The summed E-state index contributed by atoms with van der Waals surface area (Å²) in [6.45, 7) is 4.22. The molecule has 6 heterocycles. The summed E-state index contributed by atoms with van der Waals surface area (Å²) in [5.74, 6) is 1.73. The van der Waals surface area contributed by atoms with E-state index >= 15 is 0 Å². The second-order valence-electron chi connectivity index (χ2n) is 8.38. The zero-order chi connectivity index (χ0) is 22.2. The largest absolute Gasteiger partial charge is 0.381 e.